The number of rotatable bonds is 2. The molecule has 0 spiro atoms. The number of H-pyrrole nitrogens is 1. The third-order valence-electron chi connectivity index (χ3n) is 5.07. The van der Waals surface area contributed by atoms with Crippen molar-refractivity contribution < 1.29 is 4.79 Å². The molecule has 2 N–H and O–H groups in total. The average molecular weight is 350 g/mol. The first-order valence-electron chi connectivity index (χ1n) is 8.84. The molecular weight excluding hydrogens is 328 g/mol. The highest BCUT2D eigenvalue weighted by Gasteiger charge is 2.20. The number of nitrogens with one attached hydrogen (secondary N) is 2. The summed E-state index contributed by atoms with van der Waals surface area (Å²) < 4.78 is 1.59. The van der Waals surface area contributed by atoms with Crippen LogP contribution in [0.25, 0.3) is 22.0 Å². The van der Waals surface area contributed by atoms with Gasteiger partial charge in [-0.15, -0.1) is 0 Å². The molecule has 6 nitrogen and oxygen atoms in total. The normalized spacial score (nSPS) is 14.8. The van der Waals surface area contributed by atoms with E-state index in [1.54, 1.807) is 17.8 Å². The molecule has 26 heavy (non-hydrogen) atoms. The summed E-state index contributed by atoms with van der Waals surface area (Å²) in [6, 6.07) is 7.82. The Balaban J connectivity index is 1.75. The molecule has 1 aliphatic heterocycles. The van der Waals surface area contributed by atoms with Crippen LogP contribution in [0.2, 0.25) is 0 Å². The van der Waals surface area contributed by atoms with Crippen molar-refractivity contribution in [2.45, 2.75) is 6.92 Å². The molecule has 0 bridgehead atoms. The van der Waals surface area contributed by atoms with Gasteiger partial charge in [-0.3, -0.25) is 9.59 Å². The Morgan fingerprint density at radius 1 is 1.15 bits per heavy atom. The van der Waals surface area contributed by atoms with Crippen LogP contribution in [0.1, 0.15) is 15.9 Å². The predicted octanol–water partition coefficient (Wildman–Crippen LogP) is 1.89. The summed E-state index contributed by atoms with van der Waals surface area (Å²) in [5.74, 6) is 0.0859. The molecule has 1 saturated heterocycles. The molecule has 0 saturated carbocycles. The number of carbonyl (C=O) groups is 1. The van der Waals surface area contributed by atoms with E-state index in [0.29, 0.717) is 5.52 Å². The van der Waals surface area contributed by atoms with E-state index in [9.17, 15) is 9.59 Å². The van der Waals surface area contributed by atoms with Crippen LogP contribution in [0.5, 0.6) is 0 Å². The largest absolute Gasteiger partial charge is 0.357 e. The topological polar surface area (TPSA) is 70.1 Å². The molecule has 0 unspecified atom stereocenters. The Morgan fingerprint density at radius 2 is 1.92 bits per heavy atom. The molecule has 3 heterocycles. The Morgan fingerprint density at radius 3 is 2.65 bits per heavy atom. The highest BCUT2D eigenvalue weighted by Crippen LogP contribution is 2.28. The summed E-state index contributed by atoms with van der Waals surface area (Å²) >= 11 is 0. The lowest BCUT2D eigenvalue weighted by molar-refractivity contribution is 0.0735. The van der Waals surface area contributed by atoms with E-state index in [2.05, 4.69) is 10.3 Å². The maximum atomic E-state index is 12.8. The van der Waals surface area contributed by atoms with Crippen LogP contribution in [0.15, 0.2) is 41.5 Å². The van der Waals surface area contributed by atoms with Gasteiger partial charge >= 0.3 is 0 Å². The van der Waals surface area contributed by atoms with Gasteiger partial charge in [0.1, 0.15) is 5.52 Å². The fraction of sp³-hybridized carbons (Fsp3) is 0.300. The molecule has 1 amide bonds. The van der Waals surface area contributed by atoms with Gasteiger partial charge in [-0.05, 0) is 30.2 Å². The lowest BCUT2D eigenvalue weighted by atomic mass is 9.98. The molecule has 4 rings (SSSR count). The molecular formula is C20H22N4O2. The van der Waals surface area contributed by atoms with Gasteiger partial charge in [-0.1, -0.05) is 12.1 Å². The van der Waals surface area contributed by atoms with Crippen molar-refractivity contribution >= 4 is 16.8 Å². The van der Waals surface area contributed by atoms with Crippen LogP contribution < -0.4 is 10.9 Å². The van der Waals surface area contributed by atoms with Gasteiger partial charge in [-0.25, -0.2) is 0 Å². The minimum atomic E-state index is -0.0454. The smallest absolute Gasteiger partial charge is 0.274 e. The van der Waals surface area contributed by atoms with Crippen LogP contribution >= 0.6 is 0 Å². The second-order valence-electron chi connectivity index (χ2n) is 6.80. The number of benzene rings is 1. The fourth-order valence-corrected chi connectivity index (χ4v) is 3.61. The van der Waals surface area contributed by atoms with E-state index in [-0.39, 0.29) is 11.5 Å². The first-order chi connectivity index (χ1) is 12.6. The van der Waals surface area contributed by atoms with E-state index in [1.807, 2.05) is 42.3 Å². The number of pyridine rings is 1. The summed E-state index contributed by atoms with van der Waals surface area (Å²) in [6.45, 7) is 5.13. The summed E-state index contributed by atoms with van der Waals surface area (Å²) in [5, 5.41) is 4.16. The van der Waals surface area contributed by atoms with Crippen molar-refractivity contribution in [1.82, 2.24) is 19.8 Å². The minimum absolute atomic E-state index is 0.0454. The van der Waals surface area contributed by atoms with Gasteiger partial charge in [-0.2, -0.15) is 0 Å². The zero-order valence-corrected chi connectivity index (χ0v) is 15.0. The Hall–Kier alpha value is -2.86. The second-order valence-corrected chi connectivity index (χ2v) is 6.80. The number of hydrogen-bond donors (Lipinski definition) is 2. The number of amides is 1. The number of aromatic amines is 1. The lowest BCUT2D eigenvalue weighted by Gasteiger charge is -2.28. The summed E-state index contributed by atoms with van der Waals surface area (Å²) in [4.78, 5) is 29.9. The van der Waals surface area contributed by atoms with Crippen molar-refractivity contribution in [2.24, 2.45) is 7.05 Å². The SMILES string of the molecule is Cc1cc(-c2cn(C)c(=O)c3[nH]ccc23)ccc1C(=O)N1CCNCC1. The molecule has 1 aliphatic rings. The van der Waals surface area contributed by atoms with E-state index >= 15 is 0 Å². The molecule has 3 aromatic rings. The van der Waals surface area contributed by atoms with E-state index in [4.69, 9.17) is 0 Å². The standard InChI is InChI=1S/C20H22N4O2/c1-13-11-14(3-4-15(13)19(25)24-9-7-21-8-10-24)17-12-23(2)20(26)18-16(17)5-6-22-18/h3-6,11-12,21-22H,7-10H2,1-2H3. The Kier molecular flexibility index (Phi) is 4.12. The van der Waals surface area contributed by atoms with Gasteiger partial charge in [0.15, 0.2) is 0 Å². The van der Waals surface area contributed by atoms with Crippen LogP contribution in [0, 0.1) is 6.92 Å². The van der Waals surface area contributed by atoms with E-state index in [1.165, 1.54) is 0 Å². The highest BCUT2D eigenvalue weighted by atomic mass is 16.2. The van der Waals surface area contributed by atoms with Gasteiger partial charge in [0.25, 0.3) is 11.5 Å². The zero-order chi connectivity index (χ0) is 18.3. The maximum absolute atomic E-state index is 12.8. The summed E-state index contributed by atoms with van der Waals surface area (Å²) in [6.07, 6.45) is 3.63. The fourth-order valence-electron chi connectivity index (χ4n) is 3.61. The third kappa shape index (κ3) is 2.72. The average Bonchev–Trinajstić information content (AvgIpc) is 3.15. The minimum Gasteiger partial charge on any atom is -0.357 e. The predicted molar refractivity (Wildman–Crippen MR) is 102 cm³/mol. The lowest BCUT2D eigenvalue weighted by Crippen LogP contribution is -2.46. The van der Waals surface area contributed by atoms with Crippen LogP contribution in [-0.4, -0.2) is 46.5 Å². The van der Waals surface area contributed by atoms with Gasteiger partial charge in [0, 0.05) is 62.1 Å². The quantitative estimate of drug-likeness (QED) is 0.741. The molecule has 6 heteroatoms. The van der Waals surface area contributed by atoms with E-state index < -0.39 is 0 Å². The van der Waals surface area contributed by atoms with Crippen molar-refractivity contribution in [3.8, 4) is 11.1 Å². The zero-order valence-electron chi connectivity index (χ0n) is 15.0. The first-order valence-corrected chi connectivity index (χ1v) is 8.84. The van der Waals surface area contributed by atoms with Crippen molar-refractivity contribution in [3.05, 3.63) is 58.1 Å². The number of hydrogen-bond acceptors (Lipinski definition) is 3. The number of piperazine rings is 1. The molecule has 134 valence electrons. The number of fused-ring (bicyclic) bond motifs is 1. The van der Waals surface area contributed by atoms with Gasteiger partial charge < -0.3 is 19.8 Å². The molecule has 2 aromatic heterocycles. The molecule has 0 aliphatic carbocycles. The van der Waals surface area contributed by atoms with Crippen molar-refractivity contribution in [2.75, 3.05) is 26.2 Å². The Labute approximate surface area is 151 Å². The first kappa shape index (κ1) is 16.6. The van der Waals surface area contributed by atoms with Crippen molar-refractivity contribution in [3.63, 3.8) is 0 Å². The highest BCUT2D eigenvalue weighted by molar-refractivity contribution is 5.98. The monoisotopic (exact) mass is 350 g/mol. The molecule has 0 radical (unpaired) electrons. The third-order valence-corrected chi connectivity index (χ3v) is 5.07. The summed E-state index contributed by atoms with van der Waals surface area (Å²) in [5.41, 5.74) is 4.22. The summed E-state index contributed by atoms with van der Waals surface area (Å²) in [7, 11) is 1.75. The van der Waals surface area contributed by atoms with Gasteiger partial charge in [0.05, 0.1) is 0 Å². The Bertz CT molecular complexity index is 1040. The van der Waals surface area contributed by atoms with Crippen LogP contribution in [-0.2, 0) is 7.05 Å². The molecule has 1 aromatic carbocycles. The van der Waals surface area contributed by atoms with Gasteiger partial charge in [0.2, 0.25) is 0 Å². The van der Waals surface area contributed by atoms with Crippen LogP contribution in [0.4, 0.5) is 0 Å². The van der Waals surface area contributed by atoms with Crippen molar-refractivity contribution in [1.29, 1.82) is 0 Å². The number of aryl methyl sites for hydroxylation is 2. The molecule has 1 fully saturated rings. The number of aromatic nitrogens is 2. The number of carbonyl (C=O) groups excluding carboxylic acids is 1. The van der Waals surface area contributed by atoms with Crippen LogP contribution in [0.3, 0.4) is 0 Å². The maximum Gasteiger partial charge on any atom is 0.274 e. The van der Waals surface area contributed by atoms with E-state index in [0.717, 1.165) is 53.8 Å². The molecule has 0 atom stereocenters. The second kappa shape index (κ2) is 6.46. The number of nitrogens with zero attached hydrogens (tertiary/aromatic N) is 2.